The van der Waals surface area contributed by atoms with Gasteiger partial charge in [-0.15, -0.1) is 4.48 Å². The molecule has 0 aromatic rings. The van der Waals surface area contributed by atoms with E-state index < -0.39 is 35.6 Å². The van der Waals surface area contributed by atoms with E-state index in [-0.39, 0.29) is 0 Å². The number of halogens is 9. The molecule has 0 fully saturated rings. The van der Waals surface area contributed by atoms with E-state index in [9.17, 15) is 39.6 Å². The normalized spacial score (nSPS) is 19.4. The Morgan fingerprint density at radius 3 is 1.56 bits per heavy atom. The van der Waals surface area contributed by atoms with Crippen molar-refractivity contribution in [1.29, 1.82) is 0 Å². The van der Waals surface area contributed by atoms with Crippen molar-refractivity contribution in [2.45, 2.75) is 24.4 Å². The van der Waals surface area contributed by atoms with Crippen molar-refractivity contribution in [3.8, 4) is 0 Å². The third-order valence-electron chi connectivity index (χ3n) is 1.52. The van der Waals surface area contributed by atoms with Gasteiger partial charge in [-0.25, -0.2) is 8.78 Å². The monoisotopic (exact) mass is 261 g/mol. The van der Waals surface area contributed by atoms with Gasteiger partial charge in [-0.2, -0.15) is 26.3 Å². The summed E-state index contributed by atoms with van der Waals surface area (Å²) in [5, 5.41) is -2.82. The second-order valence-corrected chi connectivity index (χ2v) is 2.58. The first-order valence-electron chi connectivity index (χ1n) is 3.43. The molecule has 16 heavy (non-hydrogen) atoms. The standard InChI is InChI=1S/C6H4F9N/c1-2-4(8,5(9,10)11)3(7)16(15)6(12,13)14/h2-3H,1H2. The summed E-state index contributed by atoms with van der Waals surface area (Å²) in [6.07, 6.45) is -17.6. The highest BCUT2D eigenvalue weighted by molar-refractivity contribution is 5.06. The molecule has 0 saturated carbocycles. The fourth-order valence-electron chi connectivity index (χ4n) is 0.642. The number of hydrogen-bond donors (Lipinski definition) is 0. The van der Waals surface area contributed by atoms with Gasteiger partial charge >= 0.3 is 12.5 Å². The van der Waals surface area contributed by atoms with Crippen molar-refractivity contribution in [1.82, 2.24) is 5.12 Å². The van der Waals surface area contributed by atoms with E-state index in [4.69, 9.17) is 0 Å². The smallest absolute Gasteiger partial charge is 0.224 e. The Hall–Kier alpha value is -0.930. The van der Waals surface area contributed by atoms with Crippen LogP contribution in [0.5, 0.6) is 0 Å². The Bertz CT molecular complexity index is 256. The van der Waals surface area contributed by atoms with Crippen LogP contribution in [0.3, 0.4) is 0 Å². The summed E-state index contributed by atoms with van der Waals surface area (Å²) in [6.45, 7) is 2.19. The summed E-state index contributed by atoms with van der Waals surface area (Å²) < 4.78 is 107. The largest absolute Gasteiger partial charge is 0.490 e. The SMILES string of the molecule is C=CC(F)(C(F)N(F)C(F)(F)F)C(F)(F)F. The van der Waals surface area contributed by atoms with Crippen LogP contribution in [-0.4, -0.2) is 29.6 Å². The van der Waals surface area contributed by atoms with Crippen LogP contribution < -0.4 is 0 Å². The molecule has 1 nitrogen and oxygen atoms in total. The van der Waals surface area contributed by atoms with Gasteiger partial charge in [0, 0.05) is 0 Å². The summed E-state index contributed by atoms with van der Waals surface area (Å²) in [5.74, 6) is 0. The Balaban J connectivity index is 5.22. The van der Waals surface area contributed by atoms with Gasteiger partial charge in [0.2, 0.25) is 6.30 Å². The van der Waals surface area contributed by atoms with E-state index in [2.05, 4.69) is 6.58 Å². The molecule has 0 aliphatic carbocycles. The molecule has 0 aromatic heterocycles. The van der Waals surface area contributed by atoms with Crippen LogP contribution in [0.1, 0.15) is 0 Å². The van der Waals surface area contributed by atoms with Crippen LogP contribution in [0.4, 0.5) is 39.6 Å². The molecule has 0 spiro atoms. The second kappa shape index (κ2) is 4.15. The zero-order chi connectivity index (χ0) is 13.4. The molecule has 2 unspecified atom stereocenters. The minimum atomic E-state index is -6.09. The minimum absolute atomic E-state index is 0.782. The van der Waals surface area contributed by atoms with Crippen LogP contribution in [-0.2, 0) is 0 Å². The molecular weight excluding hydrogens is 257 g/mol. The summed E-state index contributed by atoms with van der Waals surface area (Å²) in [4.78, 5) is 0. The average Bonchev–Trinajstić information content (AvgIpc) is 2.10. The maximum Gasteiger partial charge on any atom is 0.490 e. The van der Waals surface area contributed by atoms with Crippen molar-refractivity contribution in [3.63, 3.8) is 0 Å². The zero-order valence-electron chi connectivity index (χ0n) is 7.21. The second-order valence-electron chi connectivity index (χ2n) is 2.58. The van der Waals surface area contributed by atoms with Crippen LogP contribution in [0.25, 0.3) is 0 Å². The van der Waals surface area contributed by atoms with E-state index in [0.717, 1.165) is 0 Å². The number of hydrogen-bond acceptors (Lipinski definition) is 1. The summed E-state index contributed by atoms with van der Waals surface area (Å²) >= 11 is 0. The first-order valence-corrected chi connectivity index (χ1v) is 3.43. The van der Waals surface area contributed by atoms with Crippen LogP contribution in [0.2, 0.25) is 0 Å². The minimum Gasteiger partial charge on any atom is -0.224 e. The molecule has 0 aliphatic rings. The number of rotatable bonds is 3. The zero-order valence-corrected chi connectivity index (χ0v) is 7.21. The van der Waals surface area contributed by atoms with Crippen molar-refractivity contribution in [2.75, 3.05) is 0 Å². The van der Waals surface area contributed by atoms with Crippen LogP contribution >= 0.6 is 0 Å². The molecule has 2 atom stereocenters. The lowest BCUT2D eigenvalue weighted by molar-refractivity contribution is -0.373. The molecule has 0 rings (SSSR count). The maximum atomic E-state index is 12.8. The van der Waals surface area contributed by atoms with Gasteiger partial charge in [0.1, 0.15) is 0 Å². The summed E-state index contributed by atoms with van der Waals surface area (Å²) in [7, 11) is 0. The third-order valence-corrected chi connectivity index (χ3v) is 1.52. The third kappa shape index (κ3) is 2.60. The predicted octanol–water partition coefficient (Wildman–Crippen LogP) is 3.44. The molecule has 0 N–H and O–H groups in total. The Labute approximate surface area is 83.1 Å². The molecule has 0 saturated heterocycles. The van der Waals surface area contributed by atoms with E-state index >= 15 is 0 Å². The molecular formula is C6H4F9N. The van der Waals surface area contributed by atoms with Gasteiger partial charge in [0.25, 0.3) is 5.67 Å². The quantitative estimate of drug-likeness (QED) is 0.325. The highest BCUT2D eigenvalue weighted by Crippen LogP contribution is 2.42. The van der Waals surface area contributed by atoms with Crippen molar-refractivity contribution < 1.29 is 39.6 Å². The van der Waals surface area contributed by atoms with Gasteiger partial charge in [-0.05, 0) is 11.2 Å². The molecule has 0 amide bonds. The van der Waals surface area contributed by atoms with Crippen molar-refractivity contribution in [2.24, 2.45) is 0 Å². The lowest BCUT2D eigenvalue weighted by Crippen LogP contribution is -2.55. The molecule has 0 aromatic carbocycles. The highest BCUT2D eigenvalue weighted by atomic mass is 19.4. The average molecular weight is 261 g/mol. The van der Waals surface area contributed by atoms with Crippen molar-refractivity contribution in [3.05, 3.63) is 12.7 Å². The number of nitrogens with zero attached hydrogens (tertiary/aromatic N) is 1. The van der Waals surface area contributed by atoms with E-state index in [1.807, 2.05) is 0 Å². The summed E-state index contributed by atoms with van der Waals surface area (Å²) in [6, 6.07) is 0. The Morgan fingerprint density at radius 2 is 1.38 bits per heavy atom. The lowest BCUT2D eigenvalue weighted by atomic mass is 10.1. The molecule has 0 radical (unpaired) electrons. The van der Waals surface area contributed by atoms with E-state index in [0.29, 0.717) is 0 Å². The van der Waals surface area contributed by atoms with Crippen molar-refractivity contribution >= 4 is 0 Å². The Morgan fingerprint density at radius 1 is 1.00 bits per heavy atom. The fraction of sp³-hybridized carbons (Fsp3) is 0.667. The predicted molar refractivity (Wildman–Crippen MR) is 34.0 cm³/mol. The summed E-state index contributed by atoms with van der Waals surface area (Å²) in [5.41, 5.74) is -5.16. The number of alkyl halides is 8. The van der Waals surface area contributed by atoms with E-state index in [1.165, 1.54) is 0 Å². The van der Waals surface area contributed by atoms with Gasteiger partial charge in [0.05, 0.1) is 0 Å². The Kier molecular flexibility index (Phi) is 3.91. The lowest BCUT2D eigenvalue weighted by Gasteiger charge is -2.30. The van der Waals surface area contributed by atoms with Crippen LogP contribution in [0, 0.1) is 0 Å². The highest BCUT2D eigenvalue weighted by Gasteiger charge is 2.65. The van der Waals surface area contributed by atoms with Gasteiger partial charge in [-0.3, -0.25) is 0 Å². The van der Waals surface area contributed by atoms with E-state index in [1.54, 1.807) is 0 Å². The van der Waals surface area contributed by atoms with Gasteiger partial charge in [-0.1, -0.05) is 6.58 Å². The molecule has 0 heterocycles. The first-order chi connectivity index (χ1) is 6.88. The molecule has 0 aliphatic heterocycles. The molecule has 10 heteroatoms. The molecule has 96 valence electrons. The maximum absolute atomic E-state index is 12.8. The topological polar surface area (TPSA) is 3.24 Å². The first kappa shape index (κ1) is 15.1. The molecule has 0 bridgehead atoms. The van der Waals surface area contributed by atoms with Gasteiger partial charge in [0.15, 0.2) is 0 Å². The van der Waals surface area contributed by atoms with Gasteiger partial charge < -0.3 is 0 Å². The van der Waals surface area contributed by atoms with Crippen LogP contribution in [0.15, 0.2) is 12.7 Å². The fourth-order valence-corrected chi connectivity index (χ4v) is 0.642.